The van der Waals surface area contributed by atoms with Gasteiger partial charge in [0.1, 0.15) is 0 Å². The van der Waals surface area contributed by atoms with Gasteiger partial charge in [0.05, 0.1) is 0 Å². The number of halogens is 1. The van der Waals surface area contributed by atoms with Crippen molar-refractivity contribution in [1.29, 1.82) is 0 Å². The fourth-order valence-corrected chi connectivity index (χ4v) is 2.96. The molecule has 3 aromatic carbocycles. The van der Waals surface area contributed by atoms with E-state index in [0.717, 1.165) is 33.3 Å². The van der Waals surface area contributed by atoms with Gasteiger partial charge in [-0.3, -0.25) is 4.39 Å². The summed E-state index contributed by atoms with van der Waals surface area (Å²) in [4.78, 5) is 8.57. The summed E-state index contributed by atoms with van der Waals surface area (Å²) in [5.41, 5.74) is 3.66. The zero-order valence-electron chi connectivity index (χ0n) is 15.9. The van der Waals surface area contributed by atoms with Crippen molar-refractivity contribution in [3.63, 3.8) is 0 Å². The predicted octanol–water partition coefficient (Wildman–Crippen LogP) is 6.39. The number of hydrogen-bond acceptors (Lipinski definition) is 2. The summed E-state index contributed by atoms with van der Waals surface area (Å²) < 4.78 is 12.9. The van der Waals surface area contributed by atoms with E-state index in [0.29, 0.717) is 0 Å². The van der Waals surface area contributed by atoms with Crippen LogP contribution in [0.3, 0.4) is 0 Å². The van der Waals surface area contributed by atoms with E-state index in [4.69, 9.17) is 0 Å². The molecular weight excluding hydrogens is 552 g/mol. The molecule has 0 aliphatic heterocycles. The van der Waals surface area contributed by atoms with Crippen LogP contribution >= 0.6 is 0 Å². The molecule has 2 aromatic heterocycles. The third-order valence-corrected chi connectivity index (χ3v) is 4.35. The molecule has 5 rings (SSSR count). The molecule has 0 unspecified atom stereocenters. The molecule has 0 amide bonds. The zero-order valence-corrected chi connectivity index (χ0v) is 18.3. The monoisotopic (exact) mass is 569 g/mol. The summed E-state index contributed by atoms with van der Waals surface area (Å²) >= 11 is 0. The van der Waals surface area contributed by atoms with Crippen molar-refractivity contribution in [2.24, 2.45) is 0 Å². The average molecular weight is 569 g/mol. The van der Waals surface area contributed by atoms with E-state index in [9.17, 15) is 4.39 Å². The van der Waals surface area contributed by atoms with Crippen molar-refractivity contribution in [2.45, 2.75) is 0 Å². The molecule has 0 N–H and O–H groups in total. The quantitative estimate of drug-likeness (QED) is 0.231. The number of pyridine rings is 2. The Labute approximate surface area is 188 Å². The summed E-state index contributed by atoms with van der Waals surface area (Å²) in [6.45, 7) is 0. The largest absolute Gasteiger partial charge is 0.305 e. The average Bonchev–Trinajstić information content (AvgIpc) is 2.81. The van der Waals surface area contributed by atoms with E-state index < -0.39 is 0 Å². The number of fused-ring (bicyclic) bond motifs is 1. The first-order valence-electron chi connectivity index (χ1n) is 9.21. The second kappa shape index (κ2) is 10.5. The molecule has 1 radical (unpaired) electrons. The molecule has 149 valence electrons. The molecular formula is C26H17FIrN2-2. The molecule has 0 saturated carbocycles. The van der Waals surface area contributed by atoms with Crippen LogP contribution in [0, 0.1) is 17.9 Å². The summed E-state index contributed by atoms with van der Waals surface area (Å²) in [6, 6.07) is 34.1. The van der Waals surface area contributed by atoms with Gasteiger partial charge in [-0.15, -0.1) is 65.7 Å². The van der Waals surface area contributed by atoms with Crippen molar-refractivity contribution in [1.82, 2.24) is 9.97 Å². The molecule has 2 nitrogen and oxygen atoms in total. The van der Waals surface area contributed by atoms with E-state index in [1.165, 1.54) is 12.1 Å². The Bertz CT molecular complexity index is 1150. The van der Waals surface area contributed by atoms with E-state index in [1.54, 1.807) is 18.5 Å². The molecule has 4 heteroatoms. The molecule has 5 aromatic rings. The van der Waals surface area contributed by atoms with Crippen LogP contribution in [0.4, 0.5) is 4.39 Å². The van der Waals surface area contributed by atoms with Gasteiger partial charge in [-0.2, -0.15) is 0 Å². The van der Waals surface area contributed by atoms with Crippen molar-refractivity contribution in [3.05, 3.63) is 121 Å². The summed E-state index contributed by atoms with van der Waals surface area (Å²) in [5, 5.41) is 2.17. The van der Waals surface area contributed by atoms with Gasteiger partial charge < -0.3 is 9.97 Å². The van der Waals surface area contributed by atoms with E-state index in [2.05, 4.69) is 22.1 Å². The molecule has 0 aliphatic carbocycles. The molecule has 2 heterocycles. The van der Waals surface area contributed by atoms with Gasteiger partial charge in [-0.1, -0.05) is 36.4 Å². The molecule has 0 fully saturated rings. The summed E-state index contributed by atoms with van der Waals surface area (Å²) in [7, 11) is 0. The first-order chi connectivity index (χ1) is 14.3. The van der Waals surface area contributed by atoms with Gasteiger partial charge in [-0.05, 0) is 34.3 Å². The van der Waals surface area contributed by atoms with Crippen LogP contribution in [0.25, 0.3) is 33.3 Å². The van der Waals surface area contributed by atoms with Crippen molar-refractivity contribution >= 4 is 10.8 Å². The predicted molar refractivity (Wildman–Crippen MR) is 114 cm³/mol. The van der Waals surface area contributed by atoms with E-state index >= 15 is 0 Å². The minimum atomic E-state index is -0.283. The van der Waals surface area contributed by atoms with E-state index in [1.807, 2.05) is 72.8 Å². The van der Waals surface area contributed by atoms with Gasteiger partial charge in [0.2, 0.25) is 0 Å². The maximum absolute atomic E-state index is 12.9. The molecule has 0 atom stereocenters. The van der Waals surface area contributed by atoms with Crippen LogP contribution in [0.2, 0.25) is 0 Å². The number of hydrogen-bond donors (Lipinski definition) is 0. The van der Waals surface area contributed by atoms with Crippen LogP contribution < -0.4 is 0 Å². The van der Waals surface area contributed by atoms with Crippen LogP contribution in [-0.2, 0) is 20.1 Å². The van der Waals surface area contributed by atoms with E-state index in [-0.39, 0.29) is 25.9 Å². The third-order valence-electron chi connectivity index (χ3n) is 4.35. The topological polar surface area (TPSA) is 25.8 Å². The van der Waals surface area contributed by atoms with Gasteiger partial charge >= 0.3 is 0 Å². The van der Waals surface area contributed by atoms with Gasteiger partial charge in [-0.25, -0.2) is 0 Å². The van der Waals surface area contributed by atoms with Crippen LogP contribution in [0.5, 0.6) is 0 Å². The van der Waals surface area contributed by atoms with Gasteiger partial charge in [0, 0.05) is 38.3 Å². The standard InChI is InChI=1S/C15H9FN.C11H8N.Ir/c16-13-7-5-12(6-8-13)15-14-4-2-1-3-11(14)9-10-17-15;1-2-6-10(7-3-1)11-8-4-5-9-12-11;/h1-5,7-10H;1-6,8-9H;/q2*-1;. The maximum atomic E-state index is 12.9. The Morgan fingerprint density at radius 2 is 1.50 bits per heavy atom. The summed E-state index contributed by atoms with van der Waals surface area (Å²) in [6.07, 6.45) is 3.55. The number of rotatable bonds is 2. The molecule has 0 bridgehead atoms. The van der Waals surface area contributed by atoms with Crippen LogP contribution in [0.1, 0.15) is 0 Å². The second-order valence-corrected chi connectivity index (χ2v) is 6.29. The number of aromatic nitrogens is 2. The fourth-order valence-electron chi connectivity index (χ4n) is 2.96. The van der Waals surface area contributed by atoms with Crippen LogP contribution in [0.15, 0.2) is 103 Å². The first-order valence-corrected chi connectivity index (χ1v) is 9.21. The molecule has 0 saturated heterocycles. The van der Waals surface area contributed by atoms with Crippen LogP contribution in [-0.4, -0.2) is 9.97 Å². The van der Waals surface area contributed by atoms with Gasteiger partial charge in [0.15, 0.2) is 0 Å². The zero-order chi connectivity index (χ0) is 19.9. The Balaban J connectivity index is 0.000000175. The third kappa shape index (κ3) is 5.24. The maximum Gasteiger partial charge on any atom is 0.0379 e. The van der Waals surface area contributed by atoms with Gasteiger partial charge in [0.25, 0.3) is 0 Å². The Morgan fingerprint density at radius 3 is 2.23 bits per heavy atom. The Morgan fingerprint density at radius 1 is 0.667 bits per heavy atom. The Kier molecular flexibility index (Phi) is 7.56. The minimum Gasteiger partial charge on any atom is -0.305 e. The molecule has 0 aliphatic rings. The van der Waals surface area contributed by atoms with Crippen molar-refractivity contribution in [3.8, 4) is 22.5 Å². The molecule has 0 spiro atoms. The van der Waals surface area contributed by atoms with Crippen molar-refractivity contribution < 1.29 is 24.5 Å². The minimum absolute atomic E-state index is 0. The number of nitrogens with zero attached hydrogens (tertiary/aromatic N) is 2. The molecule has 30 heavy (non-hydrogen) atoms. The number of benzene rings is 3. The fraction of sp³-hybridized carbons (Fsp3) is 0. The SMILES string of the molecule is Fc1c[c-]c(-c2nccc3ccccc23)cc1.[Ir].[c-]1ccccc1-c1ccccn1. The summed E-state index contributed by atoms with van der Waals surface area (Å²) in [5.74, 6) is -0.283. The smallest absolute Gasteiger partial charge is 0.0379 e. The normalized spacial score (nSPS) is 9.90. The second-order valence-electron chi connectivity index (χ2n) is 6.29. The van der Waals surface area contributed by atoms with Crippen molar-refractivity contribution in [2.75, 3.05) is 0 Å². The Hall–Kier alpha value is -3.20. The first kappa shape index (κ1) is 21.5.